The summed E-state index contributed by atoms with van der Waals surface area (Å²) in [6.07, 6.45) is 0.523. The number of carboxylic acid groups (broad SMARTS) is 1. The molecule has 0 aliphatic rings. The van der Waals surface area contributed by atoms with Gasteiger partial charge in [0.1, 0.15) is 11.3 Å². The summed E-state index contributed by atoms with van der Waals surface area (Å²) in [5.74, 6) is -1.67. The van der Waals surface area contributed by atoms with Gasteiger partial charge >= 0.3 is 12.1 Å². The third kappa shape index (κ3) is 5.30. The van der Waals surface area contributed by atoms with Crippen molar-refractivity contribution in [1.82, 2.24) is 4.98 Å². The molecule has 3 N–H and O–H groups in total. The topological polar surface area (TPSA) is 118 Å². The van der Waals surface area contributed by atoms with E-state index in [4.69, 9.17) is 9.84 Å². The first-order valence-electron chi connectivity index (χ1n) is 7.75. The van der Waals surface area contributed by atoms with Crippen LogP contribution in [-0.4, -0.2) is 33.7 Å². The van der Waals surface area contributed by atoms with Crippen LogP contribution in [0.5, 0.6) is 0 Å². The second-order valence-electron chi connectivity index (χ2n) is 6.36. The van der Waals surface area contributed by atoms with Crippen molar-refractivity contribution in [3.8, 4) is 0 Å². The Hall–Kier alpha value is -3.42. The van der Waals surface area contributed by atoms with Gasteiger partial charge in [0.2, 0.25) is 0 Å². The van der Waals surface area contributed by atoms with Crippen molar-refractivity contribution in [2.75, 3.05) is 10.6 Å². The molecule has 0 aliphatic carbocycles. The Labute approximate surface area is 150 Å². The zero-order chi connectivity index (χ0) is 19.3. The largest absolute Gasteiger partial charge is 0.477 e. The van der Waals surface area contributed by atoms with Crippen LogP contribution in [0.25, 0.3) is 0 Å². The van der Waals surface area contributed by atoms with Crippen LogP contribution in [0.4, 0.5) is 16.2 Å². The molecular weight excluding hydrogens is 338 g/mol. The monoisotopic (exact) mass is 357 g/mol. The molecule has 2 amide bonds. The number of para-hydroxylation sites is 2. The molecule has 0 unspecified atom stereocenters. The van der Waals surface area contributed by atoms with Crippen LogP contribution in [0.2, 0.25) is 0 Å². The van der Waals surface area contributed by atoms with Crippen molar-refractivity contribution in [3.05, 3.63) is 53.9 Å². The number of rotatable bonds is 4. The molecular formula is C18H19N3O5. The zero-order valence-corrected chi connectivity index (χ0v) is 14.6. The Bertz CT molecular complexity index is 825. The van der Waals surface area contributed by atoms with E-state index < -0.39 is 23.6 Å². The van der Waals surface area contributed by atoms with Crippen LogP contribution in [0.15, 0.2) is 42.6 Å². The van der Waals surface area contributed by atoms with Crippen molar-refractivity contribution in [3.63, 3.8) is 0 Å². The van der Waals surface area contributed by atoms with Crippen LogP contribution >= 0.6 is 0 Å². The molecule has 1 aromatic carbocycles. The minimum absolute atomic E-state index is 0.159. The van der Waals surface area contributed by atoms with Gasteiger partial charge in [-0.15, -0.1) is 0 Å². The van der Waals surface area contributed by atoms with E-state index in [1.165, 1.54) is 18.3 Å². The van der Waals surface area contributed by atoms with E-state index in [1.807, 2.05) is 0 Å². The summed E-state index contributed by atoms with van der Waals surface area (Å²) >= 11 is 0. The molecule has 0 fully saturated rings. The van der Waals surface area contributed by atoms with Crippen molar-refractivity contribution in [2.45, 2.75) is 26.4 Å². The summed E-state index contributed by atoms with van der Waals surface area (Å²) in [6.45, 7) is 5.23. The molecule has 2 rings (SSSR count). The third-order valence-electron chi connectivity index (χ3n) is 3.06. The van der Waals surface area contributed by atoms with E-state index in [2.05, 4.69) is 15.6 Å². The van der Waals surface area contributed by atoms with Gasteiger partial charge in [-0.3, -0.25) is 10.1 Å². The predicted molar refractivity (Wildman–Crippen MR) is 95.4 cm³/mol. The zero-order valence-electron chi connectivity index (χ0n) is 14.6. The summed E-state index contributed by atoms with van der Waals surface area (Å²) in [7, 11) is 0. The molecule has 8 nitrogen and oxygen atoms in total. The van der Waals surface area contributed by atoms with Crippen LogP contribution in [0.1, 0.15) is 41.6 Å². The van der Waals surface area contributed by atoms with Gasteiger partial charge in [-0.25, -0.2) is 14.6 Å². The smallest absolute Gasteiger partial charge is 0.412 e. The van der Waals surface area contributed by atoms with Gasteiger partial charge in [-0.2, -0.15) is 0 Å². The molecule has 8 heteroatoms. The molecule has 136 valence electrons. The number of nitrogens with one attached hydrogen (secondary N) is 2. The molecule has 0 bridgehead atoms. The first kappa shape index (κ1) is 18.9. The second-order valence-corrected chi connectivity index (χ2v) is 6.36. The highest BCUT2D eigenvalue weighted by Gasteiger charge is 2.18. The van der Waals surface area contributed by atoms with Crippen LogP contribution in [-0.2, 0) is 4.74 Å². The van der Waals surface area contributed by atoms with E-state index >= 15 is 0 Å². The second kappa shape index (κ2) is 7.64. The molecule has 0 saturated heterocycles. The fourth-order valence-corrected chi connectivity index (χ4v) is 1.96. The number of hydrogen-bond acceptors (Lipinski definition) is 5. The number of benzene rings is 1. The van der Waals surface area contributed by atoms with Crippen molar-refractivity contribution in [2.24, 2.45) is 0 Å². The van der Waals surface area contributed by atoms with Crippen molar-refractivity contribution < 1.29 is 24.2 Å². The minimum atomic E-state index is -1.18. The van der Waals surface area contributed by atoms with E-state index in [-0.39, 0.29) is 11.3 Å². The lowest BCUT2D eigenvalue weighted by Gasteiger charge is -2.20. The number of aromatic nitrogens is 1. The van der Waals surface area contributed by atoms with Crippen molar-refractivity contribution >= 4 is 29.3 Å². The van der Waals surface area contributed by atoms with Gasteiger partial charge in [0.05, 0.1) is 16.9 Å². The van der Waals surface area contributed by atoms with E-state index in [0.717, 1.165) is 0 Å². The number of pyridine rings is 1. The molecule has 26 heavy (non-hydrogen) atoms. The Balaban J connectivity index is 2.13. The normalized spacial score (nSPS) is 10.7. The molecule has 0 radical (unpaired) electrons. The molecule has 0 aliphatic heterocycles. The van der Waals surface area contributed by atoms with Gasteiger partial charge in [-0.05, 0) is 45.0 Å². The fourth-order valence-electron chi connectivity index (χ4n) is 1.96. The van der Waals surface area contributed by atoms with E-state index in [0.29, 0.717) is 11.4 Å². The number of carbonyl (C=O) groups is 3. The number of hydrogen-bond donors (Lipinski definition) is 3. The van der Waals surface area contributed by atoms with Gasteiger partial charge in [-0.1, -0.05) is 12.1 Å². The number of carbonyl (C=O) groups excluding carboxylic acids is 2. The number of anilines is 2. The van der Waals surface area contributed by atoms with Gasteiger partial charge < -0.3 is 15.2 Å². The molecule has 0 spiro atoms. The number of aromatic carboxylic acids is 1. The molecule has 0 saturated carbocycles. The fraction of sp³-hybridized carbons (Fsp3) is 0.222. The van der Waals surface area contributed by atoms with E-state index in [1.54, 1.807) is 45.0 Å². The molecule has 2 aromatic rings. The summed E-state index contributed by atoms with van der Waals surface area (Å²) in [6, 6.07) is 9.22. The number of carboxylic acids is 1. The number of ether oxygens (including phenoxy) is 1. The summed E-state index contributed by atoms with van der Waals surface area (Å²) < 4.78 is 5.19. The molecule has 0 atom stereocenters. The van der Waals surface area contributed by atoms with Crippen LogP contribution in [0.3, 0.4) is 0 Å². The highest BCUT2D eigenvalue weighted by Crippen LogP contribution is 2.22. The third-order valence-corrected chi connectivity index (χ3v) is 3.06. The predicted octanol–water partition coefficient (Wildman–Crippen LogP) is 3.38. The quantitative estimate of drug-likeness (QED) is 0.772. The van der Waals surface area contributed by atoms with Gasteiger partial charge in [0.25, 0.3) is 5.91 Å². The number of nitrogens with zero attached hydrogens (tertiary/aromatic N) is 1. The maximum Gasteiger partial charge on any atom is 0.412 e. The maximum atomic E-state index is 12.3. The summed E-state index contributed by atoms with van der Waals surface area (Å²) in [5.41, 5.74) is 0.103. The summed E-state index contributed by atoms with van der Waals surface area (Å²) in [4.78, 5) is 38.8. The Morgan fingerprint density at radius 1 is 1.00 bits per heavy atom. The molecule has 1 aromatic heterocycles. The van der Waals surface area contributed by atoms with Gasteiger partial charge in [0.15, 0.2) is 0 Å². The number of amides is 2. The standard InChI is InChI=1S/C18H19N3O5/c1-18(2,3)26-17(25)21-13-7-5-4-6-12(13)20-15(22)11-8-9-14(16(23)24)19-10-11/h4-10H,1-3H3,(H,20,22)(H,21,25)(H,23,24). The highest BCUT2D eigenvalue weighted by atomic mass is 16.6. The lowest BCUT2D eigenvalue weighted by atomic mass is 10.2. The van der Waals surface area contributed by atoms with Crippen molar-refractivity contribution in [1.29, 1.82) is 0 Å². The maximum absolute atomic E-state index is 12.3. The average molecular weight is 357 g/mol. The lowest BCUT2D eigenvalue weighted by Crippen LogP contribution is -2.27. The average Bonchev–Trinajstić information content (AvgIpc) is 2.55. The minimum Gasteiger partial charge on any atom is -0.477 e. The van der Waals surface area contributed by atoms with Crippen LogP contribution in [0, 0.1) is 0 Å². The Morgan fingerprint density at radius 3 is 2.12 bits per heavy atom. The van der Waals surface area contributed by atoms with Gasteiger partial charge in [0, 0.05) is 6.20 Å². The lowest BCUT2D eigenvalue weighted by molar-refractivity contribution is 0.0633. The first-order chi connectivity index (χ1) is 12.2. The molecule has 1 heterocycles. The highest BCUT2D eigenvalue weighted by molar-refractivity contribution is 6.06. The Morgan fingerprint density at radius 2 is 1.62 bits per heavy atom. The van der Waals surface area contributed by atoms with E-state index in [9.17, 15) is 14.4 Å². The summed E-state index contributed by atoms with van der Waals surface area (Å²) in [5, 5.41) is 14.1. The first-order valence-corrected chi connectivity index (χ1v) is 7.75. The van der Waals surface area contributed by atoms with Crippen LogP contribution < -0.4 is 10.6 Å². The Kier molecular flexibility index (Phi) is 5.56. The SMILES string of the molecule is CC(C)(C)OC(=O)Nc1ccccc1NC(=O)c1ccc(C(=O)O)nc1.